The van der Waals surface area contributed by atoms with Gasteiger partial charge in [0, 0.05) is 5.54 Å². The third-order valence-electron chi connectivity index (χ3n) is 4.50. The highest BCUT2D eigenvalue weighted by atomic mass is 19.3. The molecule has 19 heavy (non-hydrogen) atoms. The minimum Gasteiger partial charge on any atom is -0.286 e. The zero-order valence-corrected chi connectivity index (χ0v) is 13.0. The van der Waals surface area contributed by atoms with Crippen LogP contribution in [0, 0.1) is 0 Å². The van der Waals surface area contributed by atoms with Gasteiger partial charge in [0.2, 0.25) is 0 Å². The van der Waals surface area contributed by atoms with Gasteiger partial charge in [0.05, 0.1) is 13.1 Å². The molecule has 0 bridgehead atoms. The maximum absolute atomic E-state index is 13.1. The molecule has 1 rings (SSSR count). The monoisotopic (exact) mass is 275 g/mol. The van der Waals surface area contributed by atoms with Crippen molar-refractivity contribution in [2.24, 2.45) is 0 Å². The fourth-order valence-corrected chi connectivity index (χ4v) is 3.02. The molecule has 1 fully saturated rings. The van der Waals surface area contributed by atoms with Crippen LogP contribution >= 0.6 is 0 Å². The molecule has 0 aliphatic carbocycles. The fraction of sp³-hybridized carbons (Fsp3) is 1.00. The summed E-state index contributed by atoms with van der Waals surface area (Å²) >= 11 is 0. The van der Waals surface area contributed by atoms with Gasteiger partial charge in [0.15, 0.2) is 0 Å². The highest BCUT2D eigenvalue weighted by Gasteiger charge is 2.50. The molecule has 1 unspecified atom stereocenters. The van der Waals surface area contributed by atoms with Crippen molar-refractivity contribution >= 4 is 0 Å². The molecule has 3 heteroatoms. The quantitative estimate of drug-likeness (QED) is 0.492. The van der Waals surface area contributed by atoms with E-state index in [0.29, 0.717) is 0 Å². The van der Waals surface area contributed by atoms with E-state index in [9.17, 15) is 8.78 Å². The largest absolute Gasteiger partial charge is 0.286 e. The van der Waals surface area contributed by atoms with E-state index in [0.717, 1.165) is 12.8 Å². The lowest BCUT2D eigenvalue weighted by atomic mass is 9.84. The van der Waals surface area contributed by atoms with Crippen LogP contribution in [0.3, 0.4) is 0 Å². The maximum Gasteiger partial charge on any atom is 0.272 e. The second kappa shape index (κ2) is 7.56. The summed E-state index contributed by atoms with van der Waals surface area (Å²) in [6.45, 7) is 6.55. The van der Waals surface area contributed by atoms with Gasteiger partial charge in [-0.2, -0.15) is 0 Å². The van der Waals surface area contributed by atoms with Gasteiger partial charge >= 0.3 is 0 Å². The Kier molecular flexibility index (Phi) is 6.72. The van der Waals surface area contributed by atoms with Crippen molar-refractivity contribution in [2.45, 2.75) is 90.0 Å². The highest BCUT2D eigenvalue weighted by Crippen LogP contribution is 2.38. The number of hydrogen-bond acceptors (Lipinski definition) is 1. The number of hydrogen-bond donors (Lipinski definition) is 0. The number of halogens is 2. The van der Waals surface area contributed by atoms with Gasteiger partial charge < -0.3 is 0 Å². The van der Waals surface area contributed by atoms with Gasteiger partial charge in [-0.05, 0) is 19.8 Å². The van der Waals surface area contributed by atoms with E-state index >= 15 is 0 Å². The lowest BCUT2D eigenvalue weighted by molar-refractivity contribution is -0.170. The average molecular weight is 275 g/mol. The molecule has 1 nitrogen and oxygen atoms in total. The maximum atomic E-state index is 13.1. The first-order valence-corrected chi connectivity index (χ1v) is 8.06. The molecule has 1 aliphatic heterocycles. The van der Waals surface area contributed by atoms with Crippen molar-refractivity contribution in [3.63, 3.8) is 0 Å². The number of nitrogens with zero attached hydrogens (tertiary/aromatic N) is 1. The second-order valence-electron chi connectivity index (χ2n) is 6.48. The van der Waals surface area contributed by atoms with Crippen LogP contribution < -0.4 is 0 Å². The molecule has 0 saturated carbocycles. The summed E-state index contributed by atoms with van der Waals surface area (Å²) < 4.78 is 26.2. The van der Waals surface area contributed by atoms with Crippen LogP contribution in [0.4, 0.5) is 8.78 Å². The molecule has 114 valence electrons. The summed E-state index contributed by atoms with van der Waals surface area (Å²) in [6.07, 6.45) is 10.6. The molecular weight excluding hydrogens is 244 g/mol. The fourth-order valence-electron chi connectivity index (χ4n) is 3.02. The van der Waals surface area contributed by atoms with Crippen LogP contribution in [0.5, 0.6) is 0 Å². The molecular formula is C16H31F2N. The first-order valence-electron chi connectivity index (χ1n) is 8.06. The van der Waals surface area contributed by atoms with Gasteiger partial charge in [-0.15, -0.1) is 0 Å². The van der Waals surface area contributed by atoms with E-state index < -0.39 is 5.92 Å². The van der Waals surface area contributed by atoms with Gasteiger partial charge in [-0.3, -0.25) is 4.90 Å². The summed E-state index contributed by atoms with van der Waals surface area (Å²) in [4.78, 5) is 2.02. The Morgan fingerprint density at radius 3 is 1.84 bits per heavy atom. The second-order valence-corrected chi connectivity index (χ2v) is 6.48. The van der Waals surface area contributed by atoms with Crippen molar-refractivity contribution in [3.05, 3.63) is 0 Å². The zero-order chi connectivity index (χ0) is 14.4. The van der Waals surface area contributed by atoms with E-state index in [4.69, 9.17) is 0 Å². The van der Waals surface area contributed by atoms with E-state index in [-0.39, 0.29) is 18.6 Å². The predicted octanol–water partition coefficient (Wildman–Crippen LogP) is 5.25. The summed E-state index contributed by atoms with van der Waals surface area (Å²) in [7, 11) is 0. The van der Waals surface area contributed by atoms with E-state index in [2.05, 4.69) is 20.8 Å². The Morgan fingerprint density at radius 1 is 0.895 bits per heavy atom. The van der Waals surface area contributed by atoms with Gasteiger partial charge in [0.1, 0.15) is 0 Å². The Bertz CT molecular complexity index is 247. The minimum absolute atomic E-state index is 0.00455. The van der Waals surface area contributed by atoms with E-state index in [1.165, 1.54) is 44.9 Å². The molecule has 0 N–H and O–H groups in total. The van der Waals surface area contributed by atoms with Crippen molar-refractivity contribution in [1.29, 1.82) is 0 Å². The van der Waals surface area contributed by atoms with Crippen molar-refractivity contribution in [1.82, 2.24) is 4.90 Å². The molecule has 0 spiro atoms. The molecule has 0 radical (unpaired) electrons. The van der Waals surface area contributed by atoms with Crippen LogP contribution in [0.2, 0.25) is 0 Å². The molecule has 0 amide bonds. The molecule has 0 aromatic carbocycles. The number of unbranched alkanes of at least 4 members (excludes halogenated alkanes) is 5. The van der Waals surface area contributed by atoms with Crippen molar-refractivity contribution in [2.75, 3.05) is 13.1 Å². The molecule has 1 heterocycles. The summed E-state index contributed by atoms with van der Waals surface area (Å²) in [5.74, 6) is -2.44. The lowest BCUT2D eigenvalue weighted by Gasteiger charge is -2.51. The van der Waals surface area contributed by atoms with Crippen LogP contribution in [-0.2, 0) is 0 Å². The third-order valence-corrected chi connectivity index (χ3v) is 4.50. The zero-order valence-electron chi connectivity index (χ0n) is 13.0. The normalized spacial score (nSPS) is 21.9. The highest BCUT2D eigenvalue weighted by molar-refractivity contribution is 4.98. The number of alkyl halides is 2. The first kappa shape index (κ1) is 16.9. The lowest BCUT2D eigenvalue weighted by Crippen LogP contribution is -2.64. The Balaban J connectivity index is 2.42. The first-order chi connectivity index (χ1) is 8.93. The number of rotatable bonds is 10. The third kappa shape index (κ3) is 5.37. The Hall–Kier alpha value is -0.180. The summed E-state index contributed by atoms with van der Waals surface area (Å²) in [6, 6.07) is 0. The van der Waals surface area contributed by atoms with Gasteiger partial charge in [-0.25, -0.2) is 8.78 Å². The Morgan fingerprint density at radius 2 is 1.37 bits per heavy atom. The topological polar surface area (TPSA) is 3.24 Å². The van der Waals surface area contributed by atoms with E-state index in [1.807, 2.05) is 4.90 Å². The standard InChI is InChI=1S/C16H31F2N/c1-4-6-8-10-12-15(3,11-9-7-5-2)19-13-16(17,18)14-19/h4-14H2,1-3H3. The SMILES string of the molecule is CCCCCCC(C)(CCCCC)N1CC(F)(F)C1. The summed E-state index contributed by atoms with van der Waals surface area (Å²) in [5.41, 5.74) is 0.00455. The molecule has 1 aliphatic rings. The molecule has 1 atom stereocenters. The van der Waals surface area contributed by atoms with Crippen LogP contribution in [0.25, 0.3) is 0 Å². The summed E-state index contributed by atoms with van der Waals surface area (Å²) in [5, 5.41) is 0. The Labute approximate surface area is 117 Å². The predicted molar refractivity (Wildman–Crippen MR) is 77.8 cm³/mol. The van der Waals surface area contributed by atoms with Crippen LogP contribution in [0.1, 0.15) is 78.6 Å². The van der Waals surface area contributed by atoms with Gasteiger partial charge in [-0.1, -0.05) is 58.8 Å². The van der Waals surface area contributed by atoms with Crippen LogP contribution in [-0.4, -0.2) is 29.5 Å². The average Bonchev–Trinajstić information content (AvgIpc) is 2.32. The van der Waals surface area contributed by atoms with Crippen molar-refractivity contribution < 1.29 is 8.78 Å². The number of likely N-dealkylation sites (tertiary alicyclic amines) is 1. The van der Waals surface area contributed by atoms with Crippen molar-refractivity contribution in [3.8, 4) is 0 Å². The van der Waals surface area contributed by atoms with Gasteiger partial charge in [0.25, 0.3) is 5.92 Å². The minimum atomic E-state index is -2.44. The molecule has 1 saturated heterocycles. The smallest absolute Gasteiger partial charge is 0.272 e. The van der Waals surface area contributed by atoms with Crippen LogP contribution in [0.15, 0.2) is 0 Å². The molecule has 0 aromatic rings. The molecule has 0 aromatic heterocycles. The van der Waals surface area contributed by atoms with E-state index in [1.54, 1.807) is 0 Å².